The van der Waals surface area contributed by atoms with Crippen molar-refractivity contribution in [2.75, 3.05) is 5.73 Å². The van der Waals surface area contributed by atoms with Gasteiger partial charge in [0.2, 0.25) is 11.8 Å². The van der Waals surface area contributed by atoms with Gasteiger partial charge in [-0.1, -0.05) is 0 Å². The molecule has 0 aliphatic carbocycles. The van der Waals surface area contributed by atoms with Gasteiger partial charge in [0.15, 0.2) is 5.13 Å². The molecule has 0 saturated heterocycles. The predicted octanol–water partition coefficient (Wildman–Crippen LogP) is -0.742. The third-order valence-electron chi connectivity index (χ3n) is 1.72. The zero-order valence-corrected chi connectivity index (χ0v) is 9.00. The first kappa shape index (κ1) is 11.4. The van der Waals surface area contributed by atoms with Gasteiger partial charge in [-0.15, -0.1) is 11.3 Å². The molecule has 1 aromatic rings. The smallest absolute Gasteiger partial charge is 0.239 e. The van der Waals surface area contributed by atoms with E-state index >= 15 is 0 Å². The number of nitrogens with one attached hydrogen (secondary N) is 1. The molecule has 0 radical (unpaired) electrons. The monoisotopic (exact) mass is 228 g/mol. The number of primary amides is 1. The molecule has 1 heterocycles. The van der Waals surface area contributed by atoms with Crippen LogP contribution in [0.5, 0.6) is 0 Å². The highest BCUT2D eigenvalue weighted by atomic mass is 32.1. The van der Waals surface area contributed by atoms with Crippen molar-refractivity contribution in [3.8, 4) is 0 Å². The summed E-state index contributed by atoms with van der Waals surface area (Å²) in [5.74, 6) is -0.868. The SMILES string of the molecule is CC(NC(=O)Cc1csc(N)n1)C(N)=O. The lowest BCUT2D eigenvalue weighted by Crippen LogP contribution is -2.42. The van der Waals surface area contributed by atoms with Crippen molar-refractivity contribution in [2.45, 2.75) is 19.4 Å². The summed E-state index contributed by atoms with van der Waals surface area (Å²) >= 11 is 1.27. The fraction of sp³-hybridized carbons (Fsp3) is 0.375. The Morgan fingerprint density at radius 1 is 1.67 bits per heavy atom. The van der Waals surface area contributed by atoms with Crippen LogP contribution in [0.25, 0.3) is 0 Å². The summed E-state index contributed by atoms with van der Waals surface area (Å²) in [6.45, 7) is 1.52. The van der Waals surface area contributed by atoms with Crippen LogP contribution in [0.15, 0.2) is 5.38 Å². The number of nitrogen functional groups attached to an aromatic ring is 1. The molecule has 0 saturated carbocycles. The number of carbonyl (C=O) groups is 2. The molecule has 0 aliphatic heterocycles. The molecule has 1 rings (SSSR count). The van der Waals surface area contributed by atoms with Crippen molar-refractivity contribution in [2.24, 2.45) is 5.73 Å². The molecule has 0 fully saturated rings. The number of thiazole rings is 1. The van der Waals surface area contributed by atoms with E-state index in [-0.39, 0.29) is 12.3 Å². The highest BCUT2D eigenvalue weighted by Crippen LogP contribution is 2.11. The summed E-state index contributed by atoms with van der Waals surface area (Å²) < 4.78 is 0. The van der Waals surface area contributed by atoms with Crippen LogP contribution in [0, 0.1) is 0 Å². The van der Waals surface area contributed by atoms with Gasteiger partial charge < -0.3 is 16.8 Å². The number of carbonyl (C=O) groups excluding carboxylic acids is 2. The van der Waals surface area contributed by atoms with E-state index in [2.05, 4.69) is 10.3 Å². The van der Waals surface area contributed by atoms with E-state index in [9.17, 15) is 9.59 Å². The Bertz CT molecular complexity index is 376. The lowest BCUT2D eigenvalue weighted by molar-refractivity contribution is -0.126. The summed E-state index contributed by atoms with van der Waals surface area (Å²) in [5.41, 5.74) is 11.0. The first-order valence-corrected chi connectivity index (χ1v) is 5.15. The van der Waals surface area contributed by atoms with Crippen molar-refractivity contribution >= 4 is 28.3 Å². The van der Waals surface area contributed by atoms with Crippen molar-refractivity contribution in [3.63, 3.8) is 0 Å². The summed E-state index contributed by atoms with van der Waals surface area (Å²) in [6.07, 6.45) is 0.102. The molecule has 1 aromatic heterocycles. The van der Waals surface area contributed by atoms with E-state index < -0.39 is 11.9 Å². The highest BCUT2D eigenvalue weighted by Gasteiger charge is 2.13. The topological polar surface area (TPSA) is 111 Å². The number of anilines is 1. The van der Waals surface area contributed by atoms with Gasteiger partial charge in [-0.2, -0.15) is 0 Å². The van der Waals surface area contributed by atoms with E-state index in [0.29, 0.717) is 10.8 Å². The minimum atomic E-state index is -0.673. The van der Waals surface area contributed by atoms with Crippen molar-refractivity contribution in [1.29, 1.82) is 0 Å². The largest absolute Gasteiger partial charge is 0.375 e. The number of aromatic nitrogens is 1. The molecule has 82 valence electrons. The van der Waals surface area contributed by atoms with Crippen LogP contribution in [0.4, 0.5) is 5.13 Å². The number of hydrogen-bond donors (Lipinski definition) is 3. The zero-order chi connectivity index (χ0) is 11.4. The fourth-order valence-corrected chi connectivity index (χ4v) is 1.49. The molecule has 0 spiro atoms. The second-order valence-corrected chi connectivity index (χ2v) is 3.94. The standard InChI is InChI=1S/C8H12N4O2S/c1-4(7(9)14)11-6(13)2-5-3-15-8(10)12-5/h3-4H,2H2,1H3,(H2,9,14)(H2,10,12)(H,11,13). The van der Waals surface area contributed by atoms with Crippen molar-refractivity contribution in [3.05, 3.63) is 11.1 Å². The lowest BCUT2D eigenvalue weighted by atomic mass is 10.2. The third-order valence-corrected chi connectivity index (χ3v) is 2.44. The molecule has 7 heteroatoms. The van der Waals surface area contributed by atoms with Crippen LogP contribution >= 0.6 is 11.3 Å². The molecule has 1 unspecified atom stereocenters. The number of rotatable bonds is 4. The molecule has 1 atom stereocenters. The van der Waals surface area contributed by atoms with Crippen LogP contribution < -0.4 is 16.8 Å². The Balaban J connectivity index is 2.46. The maximum atomic E-state index is 11.3. The lowest BCUT2D eigenvalue weighted by Gasteiger charge is -2.08. The van der Waals surface area contributed by atoms with Gasteiger partial charge in [-0.05, 0) is 6.92 Å². The van der Waals surface area contributed by atoms with E-state index in [1.54, 1.807) is 5.38 Å². The minimum absolute atomic E-state index is 0.102. The molecule has 6 nitrogen and oxygen atoms in total. The molecule has 15 heavy (non-hydrogen) atoms. The molecule has 0 aromatic carbocycles. The van der Waals surface area contributed by atoms with Crippen LogP contribution in [0.3, 0.4) is 0 Å². The Labute approximate surface area is 90.7 Å². The number of nitrogens with two attached hydrogens (primary N) is 2. The van der Waals surface area contributed by atoms with Gasteiger partial charge in [-0.25, -0.2) is 4.98 Å². The summed E-state index contributed by atoms with van der Waals surface area (Å²) in [7, 11) is 0. The first-order chi connectivity index (χ1) is 6.99. The first-order valence-electron chi connectivity index (χ1n) is 4.27. The van der Waals surface area contributed by atoms with Gasteiger partial charge >= 0.3 is 0 Å². The Kier molecular flexibility index (Phi) is 3.62. The normalized spacial score (nSPS) is 12.1. The van der Waals surface area contributed by atoms with E-state index in [4.69, 9.17) is 11.5 Å². The van der Waals surface area contributed by atoms with E-state index in [1.165, 1.54) is 18.3 Å². The van der Waals surface area contributed by atoms with Crippen molar-refractivity contribution in [1.82, 2.24) is 10.3 Å². The van der Waals surface area contributed by atoms with Crippen LogP contribution in [0.1, 0.15) is 12.6 Å². The summed E-state index contributed by atoms with van der Waals surface area (Å²) in [6, 6.07) is -0.673. The molecular formula is C8H12N4O2S. The summed E-state index contributed by atoms with van der Waals surface area (Å²) in [5, 5.41) is 4.56. The maximum absolute atomic E-state index is 11.3. The Morgan fingerprint density at radius 2 is 2.33 bits per heavy atom. The average Bonchev–Trinajstić information content (AvgIpc) is 2.50. The fourth-order valence-electron chi connectivity index (χ4n) is 0.932. The van der Waals surface area contributed by atoms with Crippen LogP contribution in [0.2, 0.25) is 0 Å². The van der Waals surface area contributed by atoms with Gasteiger partial charge in [-0.3, -0.25) is 9.59 Å². The molecule has 5 N–H and O–H groups in total. The van der Waals surface area contributed by atoms with Crippen LogP contribution in [-0.2, 0) is 16.0 Å². The quantitative estimate of drug-likeness (QED) is 0.630. The molecule has 0 bridgehead atoms. The van der Waals surface area contributed by atoms with Gasteiger partial charge in [0.1, 0.15) is 6.04 Å². The van der Waals surface area contributed by atoms with E-state index in [1.807, 2.05) is 0 Å². The van der Waals surface area contributed by atoms with E-state index in [0.717, 1.165) is 0 Å². The van der Waals surface area contributed by atoms with Crippen LogP contribution in [-0.4, -0.2) is 22.8 Å². The molecule has 0 aliphatic rings. The van der Waals surface area contributed by atoms with Crippen molar-refractivity contribution < 1.29 is 9.59 Å². The second kappa shape index (κ2) is 4.74. The molecule has 2 amide bonds. The number of amides is 2. The third kappa shape index (κ3) is 3.55. The Morgan fingerprint density at radius 3 is 2.80 bits per heavy atom. The zero-order valence-electron chi connectivity index (χ0n) is 8.19. The minimum Gasteiger partial charge on any atom is -0.375 e. The Hall–Kier alpha value is -1.63. The summed E-state index contributed by atoms with van der Waals surface area (Å²) in [4.78, 5) is 25.9. The van der Waals surface area contributed by atoms with Gasteiger partial charge in [0, 0.05) is 5.38 Å². The predicted molar refractivity (Wildman–Crippen MR) is 57.0 cm³/mol. The maximum Gasteiger partial charge on any atom is 0.239 e. The second-order valence-electron chi connectivity index (χ2n) is 3.05. The average molecular weight is 228 g/mol. The van der Waals surface area contributed by atoms with Gasteiger partial charge in [0.25, 0.3) is 0 Å². The number of nitrogens with zero attached hydrogens (tertiary/aromatic N) is 1. The highest BCUT2D eigenvalue weighted by molar-refractivity contribution is 7.13. The molecular weight excluding hydrogens is 216 g/mol. The van der Waals surface area contributed by atoms with Gasteiger partial charge in [0.05, 0.1) is 12.1 Å². The number of hydrogen-bond acceptors (Lipinski definition) is 5.